The normalized spacial score (nSPS) is 16.5. The molecule has 0 saturated carbocycles. The predicted molar refractivity (Wildman–Crippen MR) is 122 cm³/mol. The first kappa shape index (κ1) is 23.2. The Morgan fingerprint density at radius 3 is 2.16 bits per heavy atom. The van der Waals surface area contributed by atoms with Gasteiger partial charge in [0.2, 0.25) is 16.1 Å². The number of ether oxygens (including phenoxy) is 1. The van der Waals surface area contributed by atoms with Crippen molar-refractivity contribution in [1.29, 1.82) is 0 Å². The van der Waals surface area contributed by atoms with Gasteiger partial charge in [0.1, 0.15) is 5.25 Å². The molecule has 10 heteroatoms. The van der Waals surface area contributed by atoms with Crippen LogP contribution in [0.25, 0.3) is 0 Å². The molecule has 0 spiro atoms. The van der Waals surface area contributed by atoms with E-state index in [2.05, 4.69) is 0 Å². The number of hydrogen-bond acceptors (Lipinski definition) is 8. The standard InChI is InChI=1S/C21H19NO6S3/c23-18(22-13-29-12-17(22)28-21(26)27)16(31-20(25)15-9-5-2-6-10-15)11-30-19(24)14-7-3-1-4-8-14/h1-10,16-17H,11-13H2,(H,26,27). The minimum absolute atomic E-state index is 0.0662. The number of thioether (sulfide) groups is 3. The number of rotatable bonds is 7. The smallest absolute Gasteiger partial charge is 0.450 e. The van der Waals surface area contributed by atoms with Crippen molar-refractivity contribution in [2.45, 2.75) is 11.5 Å². The van der Waals surface area contributed by atoms with Gasteiger partial charge in [-0.05, 0) is 0 Å². The van der Waals surface area contributed by atoms with Crippen LogP contribution in [0.1, 0.15) is 20.7 Å². The molecule has 0 aromatic heterocycles. The van der Waals surface area contributed by atoms with Crippen LogP contribution in [0, 0.1) is 0 Å². The highest BCUT2D eigenvalue weighted by Gasteiger charge is 2.37. The molecule has 3 rings (SSSR count). The molecule has 0 aliphatic carbocycles. The first-order chi connectivity index (χ1) is 15.0. The fourth-order valence-electron chi connectivity index (χ4n) is 2.77. The molecular weight excluding hydrogens is 458 g/mol. The lowest BCUT2D eigenvalue weighted by atomic mass is 10.2. The van der Waals surface area contributed by atoms with Crippen LogP contribution in [0.3, 0.4) is 0 Å². The lowest BCUT2D eigenvalue weighted by Crippen LogP contribution is -2.44. The molecule has 1 amide bonds. The molecule has 7 nitrogen and oxygen atoms in total. The van der Waals surface area contributed by atoms with Gasteiger partial charge in [0, 0.05) is 16.9 Å². The van der Waals surface area contributed by atoms with Gasteiger partial charge < -0.3 is 9.84 Å². The molecule has 1 heterocycles. The molecule has 2 unspecified atom stereocenters. The van der Waals surface area contributed by atoms with Gasteiger partial charge in [-0.1, -0.05) is 84.2 Å². The van der Waals surface area contributed by atoms with Gasteiger partial charge in [-0.3, -0.25) is 19.3 Å². The van der Waals surface area contributed by atoms with Crippen molar-refractivity contribution in [3.63, 3.8) is 0 Å². The zero-order chi connectivity index (χ0) is 22.2. The van der Waals surface area contributed by atoms with E-state index in [4.69, 9.17) is 9.84 Å². The van der Waals surface area contributed by atoms with Gasteiger partial charge in [-0.15, -0.1) is 11.8 Å². The van der Waals surface area contributed by atoms with Gasteiger partial charge in [0.15, 0.2) is 6.23 Å². The van der Waals surface area contributed by atoms with E-state index in [1.165, 1.54) is 16.7 Å². The van der Waals surface area contributed by atoms with Crippen LogP contribution in [-0.2, 0) is 9.53 Å². The fraction of sp³-hybridized carbons (Fsp3) is 0.238. The minimum atomic E-state index is -1.47. The number of hydrogen-bond donors (Lipinski definition) is 1. The third-order valence-electron chi connectivity index (χ3n) is 4.27. The summed E-state index contributed by atoms with van der Waals surface area (Å²) in [7, 11) is 0. The van der Waals surface area contributed by atoms with Crippen molar-refractivity contribution in [2.75, 3.05) is 17.4 Å². The molecule has 0 radical (unpaired) electrons. The highest BCUT2D eigenvalue weighted by atomic mass is 32.2. The Bertz CT molecular complexity index is 941. The number of carbonyl (C=O) groups excluding carboxylic acids is 3. The number of benzene rings is 2. The molecule has 2 aromatic carbocycles. The van der Waals surface area contributed by atoms with Crippen molar-refractivity contribution < 1.29 is 29.0 Å². The van der Waals surface area contributed by atoms with Crippen molar-refractivity contribution in [3.8, 4) is 0 Å². The summed E-state index contributed by atoms with van der Waals surface area (Å²) in [4.78, 5) is 50.7. The SMILES string of the molecule is O=C(O)OC1CSCN1C(=O)C(CSC(=O)c1ccccc1)SC(=O)c1ccccc1. The van der Waals surface area contributed by atoms with E-state index < -0.39 is 23.5 Å². The van der Waals surface area contributed by atoms with Crippen molar-refractivity contribution in [3.05, 3.63) is 71.8 Å². The van der Waals surface area contributed by atoms with Crippen molar-refractivity contribution in [1.82, 2.24) is 4.90 Å². The second kappa shape index (κ2) is 11.3. The molecule has 162 valence electrons. The van der Waals surface area contributed by atoms with Gasteiger partial charge in [-0.2, -0.15) is 0 Å². The number of carbonyl (C=O) groups is 4. The van der Waals surface area contributed by atoms with Crippen LogP contribution in [0.15, 0.2) is 60.7 Å². The molecule has 0 bridgehead atoms. The van der Waals surface area contributed by atoms with Crippen molar-refractivity contribution in [2.24, 2.45) is 0 Å². The van der Waals surface area contributed by atoms with E-state index in [0.717, 1.165) is 23.5 Å². The summed E-state index contributed by atoms with van der Waals surface area (Å²) in [5.41, 5.74) is 0.945. The zero-order valence-electron chi connectivity index (χ0n) is 16.2. The Kier molecular flexibility index (Phi) is 8.44. The molecule has 31 heavy (non-hydrogen) atoms. The number of amides is 1. The van der Waals surface area contributed by atoms with E-state index >= 15 is 0 Å². The van der Waals surface area contributed by atoms with Crippen LogP contribution in [-0.4, -0.2) is 61.2 Å². The Morgan fingerprint density at radius 2 is 1.58 bits per heavy atom. The Morgan fingerprint density at radius 1 is 1.00 bits per heavy atom. The van der Waals surface area contributed by atoms with Crippen LogP contribution < -0.4 is 0 Å². The van der Waals surface area contributed by atoms with E-state index in [-0.39, 0.29) is 21.9 Å². The average molecular weight is 478 g/mol. The van der Waals surface area contributed by atoms with Crippen LogP contribution >= 0.6 is 35.3 Å². The predicted octanol–water partition coefficient (Wildman–Crippen LogP) is 4.06. The average Bonchev–Trinajstić information content (AvgIpc) is 3.24. The summed E-state index contributed by atoms with van der Waals surface area (Å²) < 4.78 is 4.81. The van der Waals surface area contributed by atoms with E-state index in [9.17, 15) is 19.2 Å². The maximum atomic E-state index is 13.2. The molecular formula is C21H19NO6S3. The van der Waals surface area contributed by atoms with Gasteiger partial charge in [-0.25, -0.2) is 4.79 Å². The first-order valence-corrected chi connectivity index (χ1v) is 12.2. The summed E-state index contributed by atoms with van der Waals surface area (Å²) >= 11 is 3.15. The quantitative estimate of drug-likeness (QED) is 0.592. The Balaban J connectivity index is 1.74. The van der Waals surface area contributed by atoms with Gasteiger partial charge in [0.25, 0.3) is 0 Å². The van der Waals surface area contributed by atoms with E-state index in [0.29, 0.717) is 16.9 Å². The zero-order valence-corrected chi connectivity index (χ0v) is 18.7. The van der Waals surface area contributed by atoms with E-state index in [1.54, 1.807) is 60.7 Å². The molecule has 2 atom stereocenters. The Labute approximate surface area is 191 Å². The fourth-order valence-corrected chi connectivity index (χ4v) is 5.80. The molecule has 2 aromatic rings. The lowest BCUT2D eigenvalue weighted by molar-refractivity contribution is -0.137. The summed E-state index contributed by atoms with van der Waals surface area (Å²) in [6.45, 7) is 0. The molecule has 1 aliphatic rings. The number of carboxylic acid groups (broad SMARTS) is 1. The third-order valence-corrected chi connectivity index (χ3v) is 7.56. The third kappa shape index (κ3) is 6.52. The van der Waals surface area contributed by atoms with E-state index in [1.807, 2.05) is 0 Å². The second-order valence-corrected chi connectivity index (χ2v) is 9.54. The number of nitrogens with zero attached hydrogens (tertiary/aromatic N) is 1. The highest BCUT2D eigenvalue weighted by Crippen LogP contribution is 2.29. The molecule has 1 aliphatic heterocycles. The molecule has 1 fully saturated rings. The van der Waals surface area contributed by atoms with Crippen LogP contribution in [0.4, 0.5) is 4.79 Å². The maximum absolute atomic E-state index is 13.2. The highest BCUT2D eigenvalue weighted by molar-refractivity contribution is 8.18. The monoisotopic (exact) mass is 477 g/mol. The summed E-state index contributed by atoms with van der Waals surface area (Å²) in [5.74, 6) is 0.207. The summed E-state index contributed by atoms with van der Waals surface area (Å²) in [6.07, 6.45) is -2.39. The summed E-state index contributed by atoms with van der Waals surface area (Å²) in [5, 5.41) is 7.55. The van der Waals surface area contributed by atoms with Gasteiger partial charge in [0.05, 0.1) is 11.6 Å². The summed E-state index contributed by atoms with van der Waals surface area (Å²) in [6, 6.07) is 17.2. The Hall–Kier alpha value is -2.43. The van der Waals surface area contributed by atoms with Crippen molar-refractivity contribution >= 4 is 57.6 Å². The second-order valence-electron chi connectivity index (χ2n) is 6.37. The topological polar surface area (TPSA) is 101 Å². The van der Waals surface area contributed by atoms with Crippen LogP contribution in [0.5, 0.6) is 0 Å². The molecule has 1 saturated heterocycles. The largest absolute Gasteiger partial charge is 0.507 e. The van der Waals surface area contributed by atoms with Crippen LogP contribution in [0.2, 0.25) is 0 Å². The maximum Gasteiger partial charge on any atom is 0.507 e. The first-order valence-electron chi connectivity index (χ1n) is 9.21. The lowest BCUT2D eigenvalue weighted by Gasteiger charge is -2.26. The minimum Gasteiger partial charge on any atom is -0.450 e. The van der Waals surface area contributed by atoms with Gasteiger partial charge >= 0.3 is 6.16 Å². The molecule has 1 N–H and O–H groups in total.